The van der Waals surface area contributed by atoms with Crippen molar-refractivity contribution in [2.24, 2.45) is 0 Å². The Morgan fingerprint density at radius 3 is 1.48 bits per heavy atom. The maximum absolute atomic E-state index is 9.63. The summed E-state index contributed by atoms with van der Waals surface area (Å²) in [5, 5.41) is 18.5. The maximum Gasteiger partial charge on any atom is 0.160 e. The van der Waals surface area contributed by atoms with E-state index in [-0.39, 0.29) is 0 Å². The van der Waals surface area contributed by atoms with Crippen LogP contribution in [0.15, 0.2) is 147 Å². The summed E-state index contributed by atoms with van der Waals surface area (Å²) in [5.41, 5.74) is 10.4. The smallest absolute Gasteiger partial charge is 0.160 e. The molecule has 0 aliphatic carbocycles. The van der Waals surface area contributed by atoms with Crippen molar-refractivity contribution in [3.63, 3.8) is 0 Å². The Morgan fingerprint density at radius 1 is 0.500 bits per heavy atom. The van der Waals surface area contributed by atoms with Crippen molar-refractivity contribution < 1.29 is 8.83 Å². The third-order valence-corrected chi connectivity index (χ3v) is 12.4. The summed E-state index contributed by atoms with van der Waals surface area (Å²) in [7, 11) is -0.897. The molecule has 6 heteroatoms. The molecule has 0 spiro atoms. The minimum absolute atomic E-state index is 0.631. The van der Waals surface area contributed by atoms with Crippen LogP contribution in [0.25, 0.3) is 82.0 Å². The topological polar surface area (TPSA) is 57.7 Å². The van der Waals surface area contributed by atoms with E-state index in [2.05, 4.69) is 119 Å². The number of aromatic nitrogens is 1. The first-order valence-electron chi connectivity index (χ1n) is 17.3. The zero-order valence-electron chi connectivity index (χ0n) is 28.8. The van der Waals surface area contributed by atoms with E-state index in [0.717, 1.165) is 99.0 Å². The standard InChI is InChI=1S/C46H31N3O2S/c1-52(2,3)31-18-16-29(17-19-31)48(28-14-12-27(26-47)13-15-28)30-24-38-34-20-22-36-32-8-4-6-10-40(32)50-45(36)43(34)49-42(38)39(25-30)35-21-23-37-33-9-5-7-11-41(33)51-46(37)44(35)49/h4-25H,1-3H3. The molecule has 4 aromatic heterocycles. The molecule has 248 valence electrons. The zero-order valence-corrected chi connectivity index (χ0v) is 29.6. The molecule has 52 heavy (non-hydrogen) atoms. The lowest BCUT2D eigenvalue weighted by molar-refractivity contribution is 0.670. The van der Waals surface area contributed by atoms with Crippen LogP contribution in [0.1, 0.15) is 5.56 Å². The molecular formula is C46H31N3O2S. The van der Waals surface area contributed by atoms with Gasteiger partial charge in [0, 0.05) is 60.2 Å². The number of fused-ring (bicyclic) bond motifs is 14. The van der Waals surface area contributed by atoms with Crippen molar-refractivity contribution >= 4 is 109 Å². The van der Waals surface area contributed by atoms with E-state index in [1.54, 1.807) is 0 Å². The molecule has 5 nitrogen and oxygen atoms in total. The molecular weight excluding hydrogens is 659 g/mol. The van der Waals surface area contributed by atoms with Crippen LogP contribution in [0.5, 0.6) is 0 Å². The number of anilines is 3. The third kappa shape index (κ3) is 3.94. The van der Waals surface area contributed by atoms with Gasteiger partial charge in [0.1, 0.15) is 11.2 Å². The van der Waals surface area contributed by atoms with Gasteiger partial charge in [0.25, 0.3) is 0 Å². The first-order valence-corrected chi connectivity index (χ1v) is 20.2. The van der Waals surface area contributed by atoms with Gasteiger partial charge in [-0.1, -0.05) is 48.5 Å². The summed E-state index contributed by atoms with van der Waals surface area (Å²) in [6.07, 6.45) is 6.96. The van der Waals surface area contributed by atoms with Crippen molar-refractivity contribution in [1.82, 2.24) is 4.40 Å². The van der Waals surface area contributed by atoms with Gasteiger partial charge in [-0.15, -0.1) is 0 Å². The molecule has 0 saturated heterocycles. The van der Waals surface area contributed by atoms with E-state index < -0.39 is 10.0 Å². The highest BCUT2D eigenvalue weighted by atomic mass is 32.3. The van der Waals surface area contributed by atoms with E-state index in [9.17, 15) is 5.26 Å². The van der Waals surface area contributed by atoms with Gasteiger partial charge in [-0.2, -0.15) is 5.26 Å². The second-order valence-electron chi connectivity index (χ2n) is 14.4. The number of nitrogens with zero attached hydrogens (tertiary/aromatic N) is 3. The molecule has 7 aromatic carbocycles. The Bertz CT molecular complexity index is 3120. The van der Waals surface area contributed by atoms with Gasteiger partial charge in [-0.05, 0) is 109 Å². The lowest BCUT2D eigenvalue weighted by Gasteiger charge is -2.29. The number of benzene rings is 7. The van der Waals surface area contributed by atoms with Crippen molar-refractivity contribution in [1.29, 1.82) is 5.26 Å². The fourth-order valence-corrected chi connectivity index (χ4v) is 9.25. The van der Waals surface area contributed by atoms with Gasteiger partial charge in [0.05, 0.1) is 28.2 Å². The molecule has 0 unspecified atom stereocenters. The molecule has 0 saturated carbocycles. The Kier molecular flexibility index (Phi) is 5.82. The number of nitriles is 1. The highest BCUT2D eigenvalue weighted by molar-refractivity contribution is 8.32. The van der Waals surface area contributed by atoms with Gasteiger partial charge in [-0.3, -0.25) is 0 Å². The van der Waals surface area contributed by atoms with Crippen LogP contribution in [-0.4, -0.2) is 23.2 Å². The molecule has 0 aliphatic rings. The van der Waals surface area contributed by atoms with Crippen LogP contribution in [0, 0.1) is 11.3 Å². The van der Waals surface area contributed by atoms with Gasteiger partial charge in [0.2, 0.25) is 0 Å². The number of hydrogen-bond donors (Lipinski definition) is 0. The van der Waals surface area contributed by atoms with Crippen molar-refractivity contribution in [2.45, 2.75) is 4.90 Å². The summed E-state index contributed by atoms with van der Waals surface area (Å²) in [6.45, 7) is 0. The quantitative estimate of drug-likeness (QED) is 0.185. The number of para-hydroxylation sites is 2. The number of hydrogen-bond acceptors (Lipinski definition) is 4. The normalized spacial score (nSPS) is 12.8. The predicted molar refractivity (Wildman–Crippen MR) is 219 cm³/mol. The largest absolute Gasteiger partial charge is 0.454 e. The average Bonchev–Trinajstić information content (AvgIpc) is 3.91. The molecule has 0 atom stereocenters. The van der Waals surface area contributed by atoms with E-state index in [1.165, 1.54) is 4.90 Å². The highest BCUT2D eigenvalue weighted by Crippen LogP contribution is 2.50. The summed E-state index contributed by atoms with van der Waals surface area (Å²) in [5.74, 6) is 0. The van der Waals surface area contributed by atoms with Gasteiger partial charge in [-0.25, -0.2) is 10.0 Å². The average molecular weight is 690 g/mol. The molecule has 0 bridgehead atoms. The molecule has 0 fully saturated rings. The number of rotatable bonds is 4. The van der Waals surface area contributed by atoms with Crippen molar-refractivity contribution in [2.75, 3.05) is 23.7 Å². The van der Waals surface area contributed by atoms with Crippen molar-refractivity contribution in [3.05, 3.63) is 139 Å². The van der Waals surface area contributed by atoms with Crippen LogP contribution >= 0.6 is 10.0 Å². The Morgan fingerprint density at radius 2 is 0.981 bits per heavy atom. The first-order chi connectivity index (χ1) is 25.4. The van der Waals surface area contributed by atoms with E-state index in [4.69, 9.17) is 8.83 Å². The number of furan rings is 2. The lowest BCUT2D eigenvalue weighted by atomic mass is 10.0. The fraction of sp³-hybridized carbons (Fsp3) is 0.0652. The molecule has 0 amide bonds. The van der Waals surface area contributed by atoms with E-state index >= 15 is 0 Å². The summed E-state index contributed by atoms with van der Waals surface area (Å²) in [4.78, 5) is 3.66. The van der Waals surface area contributed by atoms with Gasteiger partial charge < -0.3 is 18.1 Å². The Labute approximate surface area is 300 Å². The summed E-state index contributed by atoms with van der Waals surface area (Å²) < 4.78 is 15.9. The third-order valence-electron chi connectivity index (χ3n) is 10.7. The van der Waals surface area contributed by atoms with Crippen LogP contribution in [-0.2, 0) is 0 Å². The molecule has 0 radical (unpaired) electrons. The Balaban J connectivity index is 1.30. The molecule has 11 rings (SSSR count). The summed E-state index contributed by atoms with van der Waals surface area (Å²) >= 11 is 0. The fourth-order valence-electron chi connectivity index (χ4n) is 8.30. The first kappa shape index (κ1) is 29.3. The zero-order chi connectivity index (χ0) is 34.9. The van der Waals surface area contributed by atoms with E-state index in [0.29, 0.717) is 5.56 Å². The molecule has 11 aromatic rings. The predicted octanol–water partition coefficient (Wildman–Crippen LogP) is 13.0. The minimum atomic E-state index is -0.897. The van der Waals surface area contributed by atoms with Crippen LogP contribution < -0.4 is 4.90 Å². The second-order valence-corrected chi connectivity index (χ2v) is 18.6. The van der Waals surface area contributed by atoms with Crippen molar-refractivity contribution in [3.8, 4) is 6.07 Å². The van der Waals surface area contributed by atoms with Crippen LogP contribution in [0.4, 0.5) is 17.1 Å². The highest BCUT2D eigenvalue weighted by Gasteiger charge is 2.26. The van der Waals surface area contributed by atoms with Crippen LogP contribution in [0.2, 0.25) is 0 Å². The van der Waals surface area contributed by atoms with E-state index in [1.807, 2.05) is 48.5 Å². The van der Waals surface area contributed by atoms with Gasteiger partial charge in [0.15, 0.2) is 11.2 Å². The SMILES string of the molecule is CS(C)(C)c1ccc(N(c2ccc(C#N)cc2)c2cc3c4ccc5c6ccccc6oc5c4n4c3c(c2)c2ccc3c5ccccc5oc3c24)cc1. The van der Waals surface area contributed by atoms with Gasteiger partial charge >= 0.3 is 0 Å². The molecule has 4 heterocycles. The maximum atomic E-state index is 9.63. The second kappa shape index (κ2) is 10.3. The minimum Gasteiger partial charge on any atom is -0.454 e. The lowest BCUT2D eigenvalue weighted by Crippen LogP contribution is -2.10. The molecule has 0 N–H and O–H groups in total. The Hall–Kier alpha value is -6.42. The molecule has 0 aliphatic heterocycles. The van der Waals surface area contributed by atoms with Crippen LogP contribution in [0.3, 0.4) is 0 Å². The summed E-state index contributed by atoms with van der Waals surface area (Å²) in [6, 6.07) is 49.2. The monoisotopic (exact) mass is 689 g/mol.